The van der Waals surface area contributed by atoms with Crippen LogP contribution in [0.2, 0.25) is 0 Å². The summed E-state index contributed by atoms with van der Waals surface area (Å²) in [7, 11) is 4.08. The molecular formula is C20H43N5. The number of unbranched alkanes of at least 4 members (excludes halogenated alkanes) is 2. The summed E-state index contributed by atoms with van der Waals surface area (Å²) in [6.07, 6.45) is 5.21. The molecule has 1 atom stereocenters. The first-order valence-corrected chi connectivity index (χ1v) is 10.2. The Balaban J connectivity index is 2.24. The van der Waals surface area contributed by atoms with Gasteiger partial charge in [0.2, 0.25) is 0 Å². The van der Waals surface area contributed by atoms with Gasteiger partial charge in [0.05, 0.1) is 0 Å². The van der Waals surface area contributed by atoms with Gasteiger partial charge in [0.1, 0.15) is 0 Å². The summed E-state index contributed by atoms with van der Waals surface area (Å²) >= 11 is 0. The van der Waals surface area contributed by atoms with Crippen LogP contribution in [0, 0.1) is 11.3 Å². The molecule has 1 aliphatic heterocycles. The summed E-state index contributed by atoms with van der Waals surface area (Å²) in [6, 6.07) is 0. The van der Waals surface area contributed by atoms with Crippen molar-refractivity contribution in [3.8, 4) is 0 Å². The molecule has 148 valence electrons. The quantitative estimate of drug-likeness (QED) is 0.360. The van der Waals surface area contributed by atoms with Gasteiger partial charge in [-0.2, -0.15) is 0 Å². The summed E-state index contributed by atoms with van der Waals surface area (Å²) in [5.41, 5.74) is 0.318. The molecule has 25 heavy (non-hydrogen) atoms. The zero-order valence-corrected chi connectivity index (χ0v) is 17.7. The minimum absolute atomic E-state index is 0.318. The monoisotopic (exact) mass is 353 g/mol. The van der Waals surface area contributed by atoms with Crippen LogP contribution >= 0.6 is 0 Å². The van der Waals surface area contributed by atoms with Crippen LogP contribution in [0.15, 0.2) is 4.99 Å². The van der Waals surface area contributed by atoms with Crippen LogP contribution in [0.1, 0.15) is 53.4 Å². The van der Waals surface area contributed by atoms with E-state index in [0.29, 0.717) is 11.3 Å². The van der Waals surface area contributed by atoms with E-state index in [-0.39, 0.29) is 0 Å². The molecule has 1 unspecified atom stereocenters. The van der Waals surface area contributed by atoms with Gasteiger partial charge >= 0.3 is 0 Å². The third kappa shape index (κ3) is 10.0. The second-order valence-electron chi connectivity index (χ2n) is 8.64. The van der Waals surface area contributed by atoms with Gasteiger partial charge in [-0.1, -0.05) is 47.0 Å². The van der Waals surface area contributed by atoms with Crippen molar-refractivity contribution in [2.45, 2.75) is 53.4 Å². The first-order chi connectivity index (χ1) is 11.9. The van der Waals surface area contributed by atoms with E-state index >= 15 is 0 Å². The number of guanidine groups is 1. The molecule has 1 saturated heterocycles. The Morgan fingerprint density at radius 2 is 1.80 bits per heavy atom. The Labute approximate surface area is 156 Å². The molecule has 1 heterocycles. The Kier molecular flexibility index (Phi) is 10.4. The van der Waals surface area contributed by atoms with Gasteiger partial charge < -0.3 is 20.4 Å². The maximum Gasteiger partial charge on any atom is 0.191 e. The first kappa shape index (κ1) is 22.2. The van der Waals surface area contributed by atoms with Crippen LogP contribution in [0.25, 0.3) is 0 Å². The van der Waals surface area contributed by atoms with Crippen molar-refractivity contribution in [1.82, 2.24) is 20.4 Å². The highest BCUT2D eigenvalue weighted by Crippen LogP contribution is 2.22. The molecular weight excluding hydrogens is 310 g/mol. The van der Waals surface area contributed by atoms with Gasteiger partial charge in [-0.25, -0.2) is 0 Å². The molecule has 2 N–H and O–H groups in total. The third-order valence-corrected chi connectivity index (χ3v) is 5.20. The van der Waals surface area contributed by atoms with Crippen LogP contribution in [-0.2, 0) is 0 Å². The lowest BCUT2D eigenvalue weighted by Crippen LogP contribution is -2.48. The fourth-order valence-electron chi connectivity index (χ4n) is 3.29. The van der Waals surface area contributed by atoms with E-state index in [0.717, 1.165) is 19.0 Å². The fourth-order valence-corrected chi connectivity index (χ4v) is 3.29. The Morgan fingerprint density at radius 1 is 1.12 bits per heavy atom. The largest absolute Gasteiger partial charge is 0.356 e. The molecule has 0 radical (unpaired) electrons. The smallest absolute Gasteiger partial charge is 0.191 e. The normalized spacial score (nSPS) is 19.0. The van der Waals surface area contributed by atoms with Gasteiger partial charge in [-0.05, 0) is 24.8 Å². The van der Waals surface area contributed by atoms with Crippen LogP contribution in [0.5, 0.6) is 0 Å². The second kappa shape index (κ2) is 11.7. The standard InChI is InChI=1S/C20H43N5/c1-7-8-9-10-20(3,4)17-23-19(21-5)22-15-18(2)16-25-13-11-24(6)12-14-25/h18H,7-17H2,1-6H3,(H2,21,22,23). The molecule has 1 fully saturated rings. The SMILES string of the molecule is CCCCCC(C)(C)CNC(=NC)NCC(C)CN1CCN(C)CC1. The molecule has 0 aromatic rings. The molecule has 0 bridgehead atoms. The third-order valence-electron chi connectivity index (χ3n) is 5.20. The van der Waals surface area contributed by atoms with Crippen LogP contribution in [0.4, 0.5) is 0 Å². The minimum atomic E-state index is 0.318. The number of nitrogens with zero attached hydrogens (tertiary/aromatic N) is 3. The number of nitrogens with one attached hydrogen (secondary N) is 2. The number of hydrogen-bond donors (Lipinski definition) is 2. The first-order valence-electron chi connectivity index (χ1n) is 10.2. The summed E-state index contributed by atoms with van der Waals surface area (Å²) in [5, 5.41) is 7.03. The lowest BCUT2D eigenvalue weighted by Gasteiger charge is -2.34. The number of rotatable bonds is 10. The van der Waals surface area contributed by atoms with Gasteiger partial charge in [-0.3, -0.25) is 4.99 Å². The van der Waals surface area contributed by atoms with E-state index in [4.69, 9.17) is 0 Å². The number of likely N-dealkylation sites (N-methyl/N-ethyl adjacent to an activating group) is 1. The van der Waals surface area contributed by atoms with E-state index in [2.05, 4.69) is 60.2 Å². The van der Waals surface area contributed by atoms with Gasteiger partial charge in [0.15, 0.2) is 5.96 Å². The van der Waals surface area contributed by atoms with Crippen molar-refractivity contribution in [3.05, 3.63) is 0 Å². The van der Waals surface area contributed by atoms with Gasteiger partial charge in [-0.15, -0.1) is 0 Å². The zero-order chi connectivity index (χ0) is 18.7. The van der Waals surface area contributed by atoms with Crippen LogP contribution < -0.4 is 10.6 Å². The molecule has 0 saturated carbocycles. The number of piperazine rings is 1. The molecule has 5 heteroatoms. The Hall–Kier alpha value is -0.810. The Morgan fingerprint density at radius 3 is 2.40 bits per heavy atom. The predicted octanol–water partition coefficient (Wildman–Crippen LogP) is 2.64. The van der Waals surface area contributed by atoms with Gasteiger partial charge in [0, 0.05) is 52.9 Å². The number of aliphatic imine (C=N–C) groups is 1. The van der Waals surface area contributed by atoms with Crippen LogP contribution in [-0.4, -0.2) is 75.7 Å². The summed E-state index contributed by atoms with van der Waals surface area (Å²) in [5.74, 6) is 1.56. The Bertz CT molecular complexity index is 372. The van der Waals surface area contributed by atoms with E-state index in [9.17, 15) is 0 Å². The highest BCUT2D eigenvalue weighted by atomic mass is 15.2. The number of hydrogen-bond acceptors (Lipinski definition) is 3. The van der Waals surface area contributed by atoms with Crippen molar-refractivity contribution in [3.63, 3.8) is 0 Å². The van der Waals surface area contributed by atoms with Crippen molar-refractivity contribution in [2.75, 3.05) is 59.9 Å². The van der Waals surface area contributed by atoms with Crippen LogP contribution in [0.3, 0.4) is 0 Å². The average molecular weight is 354 g/mol. The summed E-state index contributed by atoms with van der Waals surface area (Å²) in [4.78, 5) is 9.38. The van der Waals surface area contributed by atoms with E-state index < -0.39 is 0 Å². The molecule has 1 aliphatic rings. The van der Waals surface area contributed by atoms with E-state index in [1.165, 1.54) is 58.4 Å². The molecule has 1 rings (SSSR count). The highest BCUT2D eigenvalue weighted by Gasteiger charge is 2.19. The molecule has 0 spiro atoms. The highest BCUT2D eigenvalue weighted by molar-refractivity contribution is 5.79. The van der Waals surface area contributed by atoms with Gasteiger partial charge in [0.25, 0.3) is 0 Å². The summed E-state index contributed by atoms with van der Waals surface area (Å²) in [6.45, 7) is 17.2. The topological polar surface area (TPSA) is 42.9 Å². The molecule has 0 aromatic carbocycles. The lowest BCUT2D eigenvalue weighted by atomic mass is 9.87. The van der Waals surface area contributed by atoms with Crippen molar-refractivity contribution < 1.29 is 0 Å². The van der Waals surface area contributed by atoms with E-state index in [1.807, 2.05) is 7.05 Å². The molecule has 0 aliphatic carbocycles. The summed E-state index contributed by atoms with van der Waals surface area (Å²) < 4.78 is 0. The maximum absolute atomic E-state index is 4.39. The van der Waals surface area contributed by atoms with Crippen molar-refractivity contribution in [1.29, 1.82) is 0 Å². The second-order valence-corrected chi connectivity index (χ2v) is 8.64. The maximum atomic E-state index is 4.39. The predicted molar refractivity (Wildman–Crippen MR) is 110 cm³/mol. The molecule has 0 amide bonds. The minimum Gasteiger partial charge on any atom is -0.356 e. The van der Waals surface area contributed by atoms with Crippen molar-refractivity contribution >= 4 is 5.96 Å². The molecule has 0 aromatic heterocycles. The zero-order valence-electron chi connectivity index (χ0n) is 17.7. The van der Waals surface area contributed by atoms with E-state index in [1.54, 1.807) is 0 Å². The fraction of sp³-hybridized carbons (Fsp3) is 0.950. The molecule has 5 nitrogen and oxygen atoms in total. The van der Waals surface area contributed by atoms with Crippen molar-refractivity contribution in [2.24, 2.45) is 16.3 Å². The lowest BCUT2D eigenvalue weighted by molar-refractivity contribution is 0.139. The average Bonchev–Trinajstić information content (AvgIpc) is 2.57.